The third-order valence-electron chi connectivity index (χ3n) is 8.48. The number of aromatic nitrogens is 4. The van der Waals surface area contributed by atoms with Crippen molar-refractivity contribution in [2.24, 2.45) is 0 Å². The second-order valence-corrected chi connectivity index (χ2v) is 11.9. The fraction of sp³-hybridized carbons (Fsp3) is 0.237. The molecule has 0 bridgehead atoms. The number of aryl methyl sites for hydroxylation is 2. The number of methoxy groups -OCH3 is 1. The molecule has 0 atom stereocenters. The molecular weight excluding hydrogens is 602 g/mol. The summed E-state index contributed by atoms with van der Waals surface area (Å²) in [6.45, 7) is 4.95. The number of nitrogens with two attached hydrogens (primary N) is 1. The van der Waals surface area contributed by atoms with E-state index in [1.54, 1.807) is 30.1 Å². The van der Waals surface area contributed by atoms with Gasteiger partial charge >= 0.3 is 0 Å². The molecule has 244 valence electrons. The van der Waals surface area contributed by atoms with E-state index in [4.69, 9.17) is 20.6 Å². The number of anilines is 2. The number of nitrogen functional groups attached to an aromatic ring is 1. The van der Waals surface area contributed by atoms with Crippen LogP contribution in [0.3, 0.4) is 0 Å². The molecule has 3 aromatic heterocycles. The smallest absolute Gasteiger partial charge is 0.270 e. The first-order chi connectivity index (χ1) is 23.3. The average Bonchev–Trinajstić information content (AvgIpc) is 3.45. The summed E-state index contributed by atoms with van der Waals surface area (Å²) in [5.74, 6) is 0.389. The van der Waals surface area contributed by atoms with Crippen molar-refractivity contribution in [2.45, 2.75) is 46.1 Å². The maximum Gasteiger partial charge on any atom is 0.270 e. The second-order valence-electron chi connectivity index (χ2n) is 11.9. The summed E-state index contributed by atoms with van der Waals surface area (Å²) >= 11 is 0. The molecule has 0 spiro atoms. The van der Waals surface area contributed by atoms with Crippen molar-refractivity contribution >= 4 is 45.0 Å². The number of ether oxygens (including phenoxy) is 1. The van der Waals surface area contributed by atoms with E-state index in [9.17, 15) is 9.59 Å². The summed E-state index contributed by atoms with van der Waals surface area (Å²) in [6, 6.07) is 21.1. The zero-order valence-corrected chi connectivity index (χ0v) is 27.4. The van der Waals surface area contributed by atoms with Crippen LogP contribution in [-0.4, -0.2) is 45.2 Å². The molecule has 2 amide bonds. The van der Waals surface area contributed by atoms with Gasteiger partial charge in [-0.25, -0.2) is 0 Å². The predicted octanol–water partition coefficient (Wildman–Crippen LogP) is 6.83. The zero-order valence-electron chi connectivity index (χ0n) is 27.4. The summed E-state index contributed by atoms with van der Waals surface area (Å²) in [5, 5.41) is 12.4. The maximum absolute atomic E-state index is 13.8. The number of para-hydroxylation sites is 2. The van der Waals surface area contributed by atoms with Gasteiger partial charge in [0.15, 0.2) is 0 Å². The van der Waals surface area contributed by atoms with Crippen molar-refractivity contribution < 1.29 is 14.3 Å². The quantitative estimate of drug-likeness (QED) is 0.0984. The molecule has 0 unspecified atom stereocenters. The van der Waals surface area contributed by atoms with Crippen LogP contribution in [-0.2, 0) is 11.3 Å². The third kappa shape index (κ3) is 6.83. The molecule has 4 N–H and O–H groups in total. The van der Waals surface area contributed by atoms with Gasteiger partial charge in [-0.1, -0.05) is 48.9 Å². The Labute approximate surface area is 279 Å². The highest BCUT2D eigenvalue weighted by Crippen LogP contribution is 2.39. The standard InChI is InChI=1S/C38H39N7O3/c1-24-20-40-21-25(2)35(24)28-18-32-27(19-33(28)48-3)36-29(22-42-32)37(45(44-36)23-26-12-6-4-7-13-26)38(47)41-17-11-5-8-16-34(46)43-31-15-10-9-14-30(31)39/h4,6-7,9-10,12-15,18-22H,5,8,11,16-17,23,39H2,1-3H3,(H,41,47)(H,43,46). The van der Waals surface area contributed by atoms with Crippen LogP contribution >= 0.6 is 0 Å². The summed E-state index contributed by atoms with van der Waals surface area (Å²) in [4.78, 5) is 35.3. The Balaban J connectivity index is 1.23. The number of amides is 2. The number of nitrogens with zero attached hydrogens (tertiary/aromatic N) is 4. The first kappa shape index (κ1) is 32.2. The number of carbonyl (C=O) groups is 2. The van der Waals surface area contributed by atoms with Crippen LogP contribution in [0.5, 0.6) is 5.75 Å². The molecule has 6 aromatic rings. The monoisotopic (exact) mass is 641 g/mol. The van der Waals surface area contributed by atoms with Crippen LogP contribution in [0.2, 0.25) is 0 Å². The molecule has 0 aliphatic heterocycles. The normalized spacial score (nSPS) is 11.1. The minimum absolute atomic E-state index is 0.0808. The van der Waals surface area contributed by atoms with E-state index in [-0.39, 0.29) is 11.8 Å². The molecule has 0 aliphatic rings. The molecule has 6 rings (SSSR count). The van der Waals surface area contributed by atoms with Gasteiger partial charge in [-0.3, -0.25) is 24.2 Å². The maximum atomic E-state index is 13.8. The van der Waals surface area contributed by atoms with Crippen molar-refractivity contribution in [3.05, 3.63) is 108 Å². The van der Waals surface area contributed by atoms with Crippen LogP contribution < -0.4 is 21.1 Å². The van der Waals surface area contributed by atoms with Crippen molar-refractivity contribution in [3.8, 4) is 16.9 Å². The lowest BCUT2D eigenvalue weighted by atomic mass is 9.95. The van der Waals surface area contributed by atoms with E-state index >= 15 is 0 Å². The largest absolute Gasteiger partial charge is 0.496 e. The summed E-state index contributed by atoms with van der Waals surface area (Å²) in [5.41, 5.74) is 14.1. The topological polar surface area (TPSA) is 137 Å². The number of unbranched alkanes of at least 4 members (excludes halogenated alkanes) is 2. The Hall–Kier alpha value is -5.77. The molecule has 10 nitrogen and oxygen atoms in total. The van der Waals surface area contributed by atoms with Crippen molar-refractivity contribution in [2.75, 3.05) is 24.7 Å². The van der Waals surface area contributed by atoms with Gasteiger partial charge in [0.25, 0.3) is 5.91 Å². The molecule has 3 aromatic carbocycles. The Kier molecular flexibility index (Phi) is 9.61. The van der Waals surface area contributed by atoms with Crippen molar-refractivity contribution in [1.82, 2.24) is 25.1 Å². The van der Waals surface area contributed by atoms with Gasteiger partial charge in [-0.05, 0) is 73.2 Å². The Bertz CT molecular complexity index is 2090. The molecule has 10 heteroatoms. The average molecular weight is 642 g/mol. The van der Waals surface area contributed by atoms with E-state index in [0.717, 1.165) is 51.6 Å². The van der Waals surface area contributed by atoms with Crippen molar-refractivity contribution in [1.29, 1.82) is 0 Å². The molecule has 3 heterocycles. The van der Waals surface area contributed by atoms with E-state index in [2.05, 4.69) is 15.6 Å². The van der Waals surface area contributed by atoms with Gasteiger partial charge in [0, 0.05) is 42.5 Å². The van der Waals surface area contributed by atoms with E-state index in [1.165, 1.54) is 0 Å². The summed E-state index contributed by atoms with van der Waals surface area (Å²) in [7, 11) is 1.66. The number of benzene rings is 3. The summed E-state index contributed by atoms with van der Waals surface area (Å²) < 4.78 is 7.65. The number of hydrogen-bond donors (Lipinski definition) is 3. The van der Waals surface area contributed by atoms with Crippen molar-refractivity contribution in [3.63, 3.8) is 0 Å². The van der Waals surface area contributed by atoms with Gasteiger partial charge in [0.05, 0.1) is 35.9 Å². The molecule has 48 heavy (non-hydrogen) atoms. The molecule has 0 fully saturated rings. The van der Waals surface area contributed by atoms with Crippen LogP contribution in [0.25, 0.3) is 32.9 Å². The SMILES string of the molecule is COc1cc2c(cc1-c1c(C)cncc1C)ncc1c(C(=O)NCCCCCC(=O)Nc3ccccc3N)n(Cc3ccccc3)nc12. The van der Waals surface area contributed by atoms with Crippen LogP contribution in [0, 0.1) is 13.8 Å². The number of carbonyl (C=O) groups excluding carboxylic acids is 2. The number of pyridine rings is 2. The summed E-state index contributed by atoms with van der Waals surface area (Å²) in [6.07, 6.45) is 8.01. The highest BCUT2D eigenvalue weighted by atomic mass is 16.5. The van der Waals surface area contributed by atoms with Crippen LogP contribution in [0.1, 0.15) is 52.9 Å². The Morgan fingerprint density at radius 3 is 2.40 bits per heavy atom. The van der Waals surface area contributed by atoms with E-state index < -0.39 is 0 Å². The minimum atomic E-state index is -0.224. The number of rotatable bonds is 12. The third-order valence-corrected chi connectivity index (χ3v) is 8.48. The molecule has 0 saturated carbocycles. The predicted molar refractivity (Wildman–Crippen MR) is 190 cm³/mol. The van der Waals surface area contributed by atoms with Gasteiger partial charge in [-0.2, -0.15) is 5.10 Å². The number of nitrogens with one attached hydrogen (secondary N) is 2. The Morgan fingerprint density at radius 2 is 1.65 bits per heavy atom. The van der Waals surface area contributed by atoms with Gasteiger partial charge in [0.2, 0.25) is 5.91 Å². The second kappa shape index (κ2) is 14.3. The number of fused-ring (bicyclic) bond motifs is 3. The first-order valence-electron chi connectivity index (χ1n) is 16.1. The molecule has 0 aliphatic carbocycles. The highest BCUT2D eigenvalue weighted by Gasteiger charge is 2.22. The van der Waals surface area contributed by atoms with E-state index in [0.29, 0.717) is 59.7 Å². The minimum Gasteiger partial charge on any atom is -0.496 e. The zero-order chi connectivity index (χ0) is 33.6. The van der Waals surface area contributed by atoms with E-state index in [1.807, 2.05) is 80.8 Å². The molecular formula is C38H39N7O3. The first-order valence-corrected chi connectivity index (χ1v) is 16.1. The van der Waals surface area contributed by atoms with Gasteiger partial charge in [-0.15, -0.1) is 0 Å². The molecule has 0 radical (unpaired) electrons. The van der Waals surface area contributed by atoms with Gasteiger partial charge in [0.1, 0.15) is 17.0 Å². The fourth-order valence-electron chi connectivity index (χ4n) is 6.09. The number of hydrogen-bond acceptors (Lipinski definition) is 7. The lowest BCUT2D eigenvalue weighted by Gasteiger charge is -2.14. The van der Waals surface area contributed by atoms with Crippen LogP contribution in [0.4, 0.5) is 11.4 Å². The molecule has 0 saturated heterocycles. The fourth-order valence-corrected chi connectivity index (χ4v) is 6.09. The highest BCUT2D eigenvalue weighted by molar-refractivity contribution is 6.13. The van der Waals surface area contributed by atoms with Gasteiger partial charge < -0.3 is 21.1 Å². The lowest BCUT2D eigenvalue weighted by molar-refractivity contribution is -0.116. The Morgan fingerprint density at radius 1 is 0.896 bits per heavy atom. The lowest BCUT2D eigenvalue weighted by Crippen LogP contribution is -2.27. The van der Waals surface area contributed by atoms with Crippen LogP contribution in [0.15, 0.2) is 85.3 Å².